The number of anilines is 1. The highest BCUT2D eigenvalue weighted by molar-refractivity contribution is 6.39. The molecule has 1 rings (SSSR count). The normalized spacial score (nSPS) is 9.53. The number of nitrogens with one attached hydrogen (secondary N) is 2. The molecule has 102 valence electrons. The minimum atomic E-state index is -0.730. The third-order valence-corrected chi connectivity index (χ3v) is 2.37. The monoisotopic (exact) mass is 282 g/mol. The van der Waals surface area contributed by atoms with Crippen LogP contribution in [0, 0.1) is 0 Å². The summed E-state index contributed by atoms with van der Waals surface area (Å²) in [4.78, 5) is 23.0. The van der Waals surface area contributed by atoms with Gasteiger partial charge < -0.3 is 15.4 Å². The van der Waals surface area contributed by atoms with Gasteiger partial charge in [0.1, 0.15) is 0 Å². The minimum absolute atomic E-state index is 0.357. The van der Waals surface area contributed by atoms with Gasteiger partial charge in [-0.1, -0.05) is 24.2 Å². The van der Waals surface area contributed by atoms with Crippen LogP contribution in [0.15, 0.2) is 37.1 Å². The Morgan fingerprint density at radius 3 is 2.84 bits per heavy atom. The molecule has 0 saturated carbocycles. The van der Waals surface area contributed by atoms with E-state index in [0.29, 0.717) is 30.3 Å². The average Bonchev–Trinajstić information content (AvgIpc) is 2.38. The van der Waals surface area contributed by atoms with Gasteiger partial charge in [-0.05, 0) is 24.6 Å². The van der Waals surface area contributed by atoms with Crippen LogP contribution in [0.25, 0.3) is 0 Å². The van der Waals surface area contributed by atoms with Gasteiger partial charge in [0.25, 0.3) is 0 Å². The van der Waals surface area contributed by atoms with E-state index in [1.807, 2.05) is 0 Å². The van der Waals surface area contributed by atoms with Gasteiger partial charge in [0.15, 0.2) is 0 Å². The van der Waals surface area contributed by atoms with Crippen molar-refractivity contribution < 1.29 is 14.3 Å². The van der Waals surface area contributed by atoms with Crippen LogP contribution in [0.3, 0.4) is 0 Å². The zero-order chi connectivity index (χ0) is 14.1. The van der Waals surface area contributed by atoms with Gasteiger partial charge in [-0.3, -0.25) is 9.59 Å². The summed E-state index contributed by atoms with van der Waals surface area (Å²) in [6, 6.07) is 6.57. The van der Waals surface area contributed by atoms with Crippen molar-refractivity contribution in [1.29, 1.82) is 0 Å². The first-order valence-electron chi connectivity index (χ1n) is 5.70. The summed E-state index contributed by atoms with van der Waals surface area (Å²) in [7, 11) is 0. The molecule has 1 aromatic carbocycles. The topological polar surface area (TPSA) is 67.4 Å². The van der Waals surface area contributed by atoms with Crippen LogP contribution in [0.2, 0.25) is 5.02 Å². The number of hydrogen-bond donors (Lipinski definition) is 2. The zero-order valence-corrected chi connectivity index (χ0v) is 11.1. The van der Waals surface area contributed by atoms with Crippen LogP contribution in [-0.4, -0.2) is 25.0 Å². The molecule has 0 aliphatic carbocycles. The summed E-state index contributed by atoms with van der Waals surface area (Å²) >= 11 is 5.77. The summed E-state index contributed by atoms with van der Waals surface area (Å²) in [5, 5.41) is 5.42. The molecule has 0 aromatic heterocycles. The molecule has 19 heavy (non-hydrogen) atoms. The molecule has 0 bridgehead atoms. The maximum Gasteiger partial charge on any atom is 0.313 e. The van der Waals surface area contributed by atoms with Crippen molar-refractivity contribution >= 4 is 29.1 Å². The summed E-state index contributed by atoms with van der Waals surface area (Å²) < 4.78 is 4.88. The molecule has 6 heteroatoms. The predicted molar refractivity (Wildman–Crippen MR) is 73.9 cm³/mol. The molecule has 0 atom stereocenters. The lowest BCUT2D eigenvalue weighted by molar-refractivity contribution is -0.136. The third kappa shape index (κ3) is 5.92. The standard InChI is InChI=1S/C13H15ClN2O3/c1-2-19-8-4-7-15-12(17)13(18)16-11-6-3-5-10(14)9-11/h2-3,5-6,9H,1,4,7-8H2,(H,15,17)(H,16,18). The molecule has 2 N–H and O–H groups in total. The van der Waals surface area contributed by atoms with E-state index >= 15 is 0 Å². The Morgan fingerprint density at radius 1 is 1.37 bits per heavy atom. The smallest absolute Gasteiger partial charge is 0.313 e. The maximum absolute atomic E-state index is 11.5. The van der Waals surface area contributed by atoms with Crippen molar-refractivity contribution in [2.24, 2.45) is 0 Å². The first-order valence-corrected chi connectivity index (χ1v) is 6.08. The number of rotatable bonds is 6. The van der Waals surface area contributed by atoms with Gasteiger partial charge in [0, 0.05) is 17.3 Å². The molecular weight excluding hydrogens is 268 g/mol. The molecule has 1 aromatic rings. The van der Waals surface area contributed by atoms with Crippen molar-refractivity contribution in [2.45, 2.75) is 6.42 Å². The minimum Gasteiger partial charge on any atom is -0.502 e. The summed E-state index contributed by atoms with van der Waals surface area (Å²) in [6.45, 7) is 4.19. The van der Waals surface area contributed by atoms with Crippen molar-refractivity contribution in [3.63, 3.8) is 0 Å². The first kappa shape index (κ1) is 15.0. The quantitative estimate of drug-likeness (QED) is 0.476. The van der Waals surface area contributed by atoms with E-state index in [4.69, 9.17) is 16.3 Å². The van der Waals surface area contributed by atoms with Gasteiger partial charge in [0.05, 0.1) is 12.9 Å². The van der Waals surface area contributed by atoms with Gasteiger partial charge in [-0.2, -0.15) is 0 Å². The second kappa shape index (κ2) is 8.16. The fourth-order valence-corrected chi connectivity index (χ4v) is 1.47. The molecule has 0 spiro atoms. The Balaban J connectivity index is 2.32. The Labute approximate surface area is 116 Å². The molecule has 5 nitrogen and oxygen atoms in total. The molecule has 0 aliphatic heterocycles. The number of amides is 2. The van der Waals surface area contributed by atoms with Crippen LogP contribution >= 0.6 is 11.6 Å². The molecule has 0 radical (unpaired) electrons. The van der Waals surface area contributed by atoms with E-state index in [1.54, 1.807) is 24.3 Å². The highest BCUT2D eigenvalue weighted by Crippen LogP contribution is 2.14. The lowest BCUT2D eigenvalue weighted by Gasteiger charge is -2.06. The molecule has 0 fully saturated rings. The number of benzene rings is 1. The van der Waals surface area contributed by atoms with Gasteiger partial charge in [0.2, 0.25) is 0 Å². The average molecular weight is 283 g/mol. The number of ether oxygens (including phenoxy) is 1. The number of carbonyl (C=O) groups excluding carboxylic acids is 2. The molecule has 0 heterocycles. The highest BCUT2D eigenvalue weighted by Gasteiger charge is 2.12. The van der Waals surface area contributed by atoms with Crippen LogP contribution in [-0.2, 0) is 14.3 Å². The zero-order valence-electron chi connectivity index (χ0n) is 10.3. The van der Waals surface area contributed by atoms with E-state index in [2.05, 4.69) is 17.2 Å². The second-order valence-electron chi connectivity index (χ2n) is 3.61. The SMILES string of the molecule is C=COCCCNC(=O)C(=O)Nc1cccc(Cl)c1. The van der Waals surface area contributed by atoms with E-state index in [-0.39, 0.29) is 0 Å². The Morgan fingerprint density at radius 2 is 2.16 bits per heavy atom. The fraction of sp³-hybridized carbons (Fsp3) is 0.231. The third-order valence-electron chi connectivity index (χ3n) is 2.13. The van der Waals surface area contributed by atoms with Crippen molar-refractivity contribution in [1.82, 2.24) is 5.32 Å². The lowest BCUT2D eigenvalue weighted by atomic mass is 10.3. The van der Waals surface area contributed by atoms with Crippen LogP contribution in [0.4, 0.5) is 5.69 Å². The number of hydrogen-bond acceptors (Lipinski definition) is 3. The van der Waals surface area contributed by atoms with Crippen LogP contribution in [0.1, 0.15) is 6.42 Å². The summed E-state index contributed by atoms with van der Waals surface area (Å²) in [5.74, 6) is -1.43. The summed E-state index contributed by atoms with van der Waals surface area (Å²) in [5.41, 5.74) is 0.475. The highest BCUT2D eigenvalue weighted by atomic mass is 35.5. The van der Waals surface area contributed by atoms with Gasteiger partial charge >= 0.3 is 11.8 Å². The van der Waals surface area contributed by atoms with E-state index in [9.17, 15) is 9.59 Å². The second-order valence-corrected chi connectivity index (χ2v) is 4.05. The first-order chi connectivity index (χ1) is 9.13. The largest absolute Gasteiger partial charge is 0.502 e. The van der Waals surface area contributed by atoms with Crippen molar-refractivity contribution in [3.05, 3.63) is 42.1 Å². The van der Waals surface area contributed by atoms with Gasteiger partial charge in [-0.25, -0.2) is 0 Å². The van der Waals surface area contributed by atoms with E-state index in [1.165, 1.54) is 6.26 Å². The molecular formula is C13H15ClN2O3. The molecule has 0 unspecified atom stereocenters. The lowest BCUT2D eigenvalue weighted by Crippen LogP contribution is -2.36. The van der Waals surface area contributed by atoms with Crippen molar-refractivity contribution in [3.8, 4) is 0 Å². The Kier molecular flexibility index (Phi) is 6.46. The van der Waals surface area contributed by atoms with E-state index < -0.39 is 11.8 Å². The van der Waals surface area contributed by atoms with Crippen molar-refractivity contribution in [2.75, 3.05) is 18.5 Å². The molecule has 0 aliphatic rings. The maximum atomic E-state index is 11.5. The Hall–Kier alpha value is -2.01. The van der Waals surface area contributed by atoms with Gasteiger partial charge in [-0.15, -0.1) is 0 Å². The molecule has 0 saturated heterocycles. The van der Waals surface area contributed by atoms with Crippen LogP contribution < -0.4 is 10.6 Å². The fourth-order valence-electron chi connectivity index (χ4n) is 1.28. The number of halogens is 1. The number of carbonyl (C=O) groups is 2. The molecule has 2 amide bonds. The Bertz CT molecular complexity index is 463. The predicted octanol–water partition coefficient (Wildman–Crippen LogP) is 1.94. The summed E-state index contributed by atoms with van der Waals surface area (Å²) in [6.07, 6.45) is 1.93. The van der Waals surface area contributed by atoms with Crippen LogP contribution in [0.5, 0.6) is 0 Å². The van der Waals surface area contributed by atoms with E-state index in [0.717, 1.165) is 0 Å².